The van der Waals surface area contributed by atoms with Gasteiger partial charge in [0, 0.05) is 0 Å². The molecule has 0 bridgehead atoms. The quantitative estimate of drug-likeness (QED) is 0.532. The normalized spacial score (nSPS) is 16.1. The van der Waals surface area contributed by atoms with E-state index in [2.05, 4.69) is 6.42 Å². The molecule has 0 amide bonds. The molecule has 1 heteroatoms. The van der Waals surface area contributed by atoms with Crippen LogP contribution >= 0.6 is 0 Å². The Bertz CT molecular complexity index is 266. The Morgan fingerprint density at radius 2 is 2.18 bits per heavy atom. The maximum atomic E-state index is 13.1. The van der Waals surface area contributed by atoms with Crippen molar-refractivity contribution < 1.29 is 4.39 Å². The van der Waals surface area contributed by atoms with Crippen molar-refractivity contribution in [2.24, 2.45) is 0 Å². The van der Waals surface area contributed by atoms with Crippen LogP contribution in [0.4, 0.5) is 4.39 Å². The van der Waals surface area contributed by atoms with Crippen LogP contribution in [-0.2, 0) is 6.42 Å². The highest BCUT2D eigenvalue weighted by molar-refractivity contribution is 5.36. The van der Waals surface area contributed by atoms with Gasteiger partial charge in [-0.1, -0.05) is 12.1 Å². The van der Waals surface area contributed by atoms with E-state index < -0.39 is 0 Å². The fourth-order valence-corrected chi connectivity index (χ4v) is 1.57. The molecule has 1 aliphatic carbocycles. The van der Waals surface area contributed by atoms with Gasteiger partial charge in [0.25, 0.3) is 0 Å². The summed E-state index contributed by atoms with van der Waals surface area (Å²) in [6.07, 6.45) is 5.20. The minimum Gasteiger partial charge on any atom is -0.207 e. The molecule has 0 N–H and O–H groups in total. The van der Waals surface area contributed by atoms with Crippen molar-refractivity contribution in [2.75, 3.05) is 0 Å². The van der Waals surface area contributed by atoms with Crippen LogP contribution in [0.15, 0.2) is 18.2 Å². The predicted molar refractivity (Wildman–Crippen MR) is 42.7 cm³/mol. The fourth-order valence-electron chi connectivity index (χ4n) is 1.57. The lowest BCUT2D eigenvalue weighted by Crippen LogP contribution is -2.02. The number of benzene rings is 1. The Kier molecular flexibility index (Phi) is 1.65. The lowest BCUT2D eigenvalue weighted by Gasteiger charge is -2.14. The minimum absolute atomic E-state index is 0.0431. The summed E-state index contributed by atoms with van der Waals surface area (Å²) in [4.78, 5) is 0. The Morgan fingerprint density at radius 3 is 3.00 bits per heavy atom. The Labute approximate surface area is 66.1 Å². The highest BCUT2D eigenvalue weighted by Crippen LogP contribution is 2.24. The molecular formula is C10H10F. The van der Waals surface area contributed by atoms with Crippen molar-refractivity contribution in [2.45, 2.75) is 19.3 Å². The van der Waals surface area contributed by atoms with Crippen LogP contribution in [0, 0.1) is 12.2 Å². The van der Waals surface area contributed by atoms with Crippen molar-refractivity contribution in [3.8, 4) is 0 Å². The van der Waals surface area contributed by atoms with Gasteiger partial charge >= 0.3 is 0 Å². The smallest absolute Gasteiger partial charge is 0.126 e. The van der Waals surface area contributed by atoms with E-state index in [1.54, 1.807) is 6.07 Å². The zero-order valence-electron chi connectivity index (χ0n) is 6.31. The first kappa shape index (κ1) is 6.84. The third kappa shape index (κ3) is 1.15. The van der Waals surface area contributed by atoms with E-state index >= 15 is 0 Å². The molecule has 0 aromatic heterocycles. The van der Waals surface area contributed by atoms with Gasteiger partial charge in [0.1, 0.15) is 5.82 Å². The van der Waals surface area contributed by atoms with Crippen LogP contribution in [0.1, 0.15) is 24.0 Å². The van der Waals surface area contributed by atoms with E-state index in [0.29, 0.717) is 0 Å². The molecule has 0 atom stereocenters. The third-order valence-corrected chi connectivity index (χ3v) is 2.15. The molecule has 1 aliphatic rings. The number of hydrogen-bond donors (Lipinski definition) is 0. The second kappa shape index (κ2) is 2.65. The van der Waals surface area contributed by atoms with Gasteiger partial charge in [-0.15, -0.1) is 0 Å². The summed E-state index contributed by atoms with van der Waals surface area (Å²) >= 11 is 0. The van der Waals surface area contributed by atoms with Crippen molar-refractivity contribution in [1.82, 2.24) is 0 Å². The summed E-state index contributed by atoms with van der Waals surface area (Å²) in [7, 11) is 0. The molecule has 1 radical (unpaired) electrons. The first-order chi connectivity index (χ1) is 5.38. The maximum absolute atomic E-state index is 13.1. The monoisotopic (exact) mass is 149 g/mol. The summed E-state index contributed by atoms with van der Waals surface area (Å²) in [6.45, 7) is 0. The van der Waals surface area contributed by atoms with Gasteiger partial charge in [-0.2, -0.15) is 0 Å². The van der Waals surface area contributed by atoms with Crippen molar-refractivity contribution in [3.63, 3.8) is 0 Å². The second-order valence-electron chi connectivity index (χ2n) is 2.90. The summed E-state index contributed by atoms with van der Waals surface area (Å²) in [5, 5.41) is 0. The van der Waals surface area contributed by atoms with E-state index in [0.717, 1.165) is 30.4 Å². The predicted octanol–water partition coefficient (Wildman–Crippen LogP) is 2.71. The number of hydrogen-bond acceptors (Lipinski definition) is 0. The Morgan fingerprint density at radius 1 is 1.27 bits per heavy atom. The van der Waals surface area contributed by atoms with Gasteiger partial charge < -0.3 is 0 Å². The molecule has 2 rings (SSSR count). The third-order valence-electron chi connectivity index (χ3n) is 2.15. The Hall–Kier alpha value is -0.850. The van der Waals surface area contributed by atoms with E-state index in [4.69, 9.17) is 0 Å². The lowest BCUT2D eigenvalue weighted by atomic mass is 9.91. The van der Waals surface area contributed by atoms with Crippen molar-refractivity contribution >= 4 is 0 Å². The van der Waals surface area contributed by atoms with Gasteiger partial charge in [0.2, 0.25) is 0 Å². The second-order valence-corrected chi connectivity index (χ2v) is 2.90. The van der Waals surface area contributed by atoms with Gasteiger partial charge in [-0.3, -0.25) is 0 Å². The van der Waals surface area contributed by atoms with E-state index in [1.807, 2.05) is 6.07 Å². The van der Waals surface area contributed by atoms with E-state index in [9.17, 15) is 4.39 Å². The highest BCUT2D eigenvalue weighted by Gasteiger charge is 2.11. The molecule has 57 valence electrons. The molecular weight excluding hydrogens is 139 g/mol. The van der Waals surface area contributed by atoms with Gasteiger partial charge in [-0.05, 0) is 42.9 Å². The minimum atomic E-state index is -0.0431. The van der Waals surface area contributed by atoms with E-state index in [-0.39, 0.29) is 5.82 Å². The number of fused-ring (bicyclic) bond motifs is 1. The summed E-state index contributed by atoms with van der Waals surface area (Å²) in [6, 6.07) is 5.30. The largest absolute Gasteiger partial charge is 0.207 e. The standard InChI is InChI=1S/C10H10F/c11-10-7-3-5-8-4-1-2-6-9(8)10/h3-5,7H,1-2,6H2. The molecule has 0 heterocycles. The van der Waals surface area contributed by atoms with E-state index in [1.165, 1.54) is 6.07 Å². The first-order valence-corrected chi connectivity index (χ1v) is 3.98. The molecule has 0 saturated carbocycles. The molecule has 1 aromatic rings. The van der Waals surface area contributed by atoms with Crippen LogP contribution < -0.4 is 0 Å². The molecule has 0 aliphatic heterocycles. The maximum Gasteiger partial charge on any atom is 0.126 e. The molecule has 0 fully saturated rings. The van der Waals surface area contributed by atoms with Crippen molar-refractivity contribution in [3.05, 3.63) is 41.6 Å². The van der Waals surface area contributed by atoms with Crippen LogP contribution in [-0.4, -0.2) is 0 Å². The molecule has 1 aromatic carbocycles. The average Bonchev–Trinajstić information content (AvgIpc) is 2.06. The molecule has 0 unspecified atom stereocenters. The zero-order chi connectivity index (χ0) is 7.68. The zero-order valence-corrected chi connectivity index (χ0v) is 6.31. The molecule has 0 saturated heterocycles. The van der Waals surface area contributed by atoms with Gasteiger partial charge in [0.15, 0.2) is 0 Å². The molecule has 0 spiro atoms. The topological polar surface area (TPSA) is 0 Å². The van der Waals surface area contributed by atoms with Gasteiger partial charge in [0.05, 0.1) is 0 Å². The fraction of sp³-hybridized carbons (Fsp3) is 0.300. The van der Waals surface area contributed by atoms with Crippen molar-refractivity contribution in [1.29, 1.82) is 0 Å². The summed E-state index contributed by atoms with van der Waals surface area (Å²) < 4.78 is 13.1. The first-order valence-electron chi connectivity index (χ1n) is 3.98. The highest BCUT2D eigenvalue weighted by atomic mass is 19.1. The number of halogens is 1. The molecule has 11 heavy (non-hydrogen) atoms. The Balaban J connectivity index is 2.49. The number of rotatable bonds is 0. The summed E-state index contributed by atoms with van der Waals surface area (Å²) in [5.41, 5.74) is 2.00. The SMILES string of the molecule is Fc1cccc2c1CCC[CH]2. The van der Waals surface area contributed by atoms with Crippen LogP contribution in [0.5, 0.6) is 0 Å². The van der Waals surface area contributed by atoms with Crippen LogP contribution in [0.25, 0.3) is 0 Å². The lowest BCUT2D eigenvalue weighted by molar-refractivity contribution is 0.595. The van der Waals surface area contributed by atoms with Gasteiger partial charge in [-0.25, -0.2) is 4.39 Å². The molecule has 0 nitrogen and oxygen atoms in total. The summed E-state index contributed by atoms with van der Waals surface area (Å²) in [5.74, 6) is -0.0431. The van der Waals surface area contributed by atoms with Crippen LogP contribution in [0.2, 0.25) is 0 Å². The van der Waals surface area contributed by atoms with Crippen LogP contribution in [0.3, 0.4) is 0 Å². The average molecular weight is 149 g/mol.